The number of esters is 1. The minimum Gasteiger partial charge on any atom is -0.454 e. The summed E-state index contributed by atoms with van der Waals surface area (Å²) in [7, 11) is 0. The van der Waals surface area contributed by atoms with Crippen molar-refractivity contribution >= 4 is 41.0 Å². The number of rotatable bonds is 5. The van der Waals surface area contributed by atoms with Crippen LogP contribution < -0.4 is 5.32 Å². The number of ether oxygens (including phenoxy) is 1. The van der Waals surface area contributed by atoms with Crippen LogP contribution in [-0.2, 0) is 23.9 Å². The molecule has 38 heavy (non-hydrogen) atoms. The van der Waals surface area contributed by atoms with Crippen molar-refractivity contribution in [1.29, 1.82) is 0 Å². The van der Waals surface area contributed by atoms with Gasteiger partial charge in [0.2, 0.25) is 11.8 Å². The third kappa shape index (κ3) is 3.64. The van der Waals surface area contributed by atoms with Crippen molar-refractivity contribution in [2.45, 2.75) is 31.7 Å². The molecule has 1 aliphatic heterocycles. The maximum atomic E-state index is 13.8. The van der Waals surface area contributed by atoms with Crippen LogP contribution in [0.3, 0.4) is 0 Å². The Bertz CT molecular complexity index is 1400. The van der Waals surface area contributed by atoms with E-state index in [2.05, 4.69) is 5.32 Å². The first-order valence-corrected chi connectivity index (χ1v) is 12.9. The summed E-state index contributed by atoms with van der Waals surface area (Å²) < 4.78 is 5.23. The highest BCUT2D eigenvalue weighted by molar-refractivity contribution is 6.31. The van der Waals surface area contributed by atoms with E-state index in [4.69, 9.17) is 16.3 Å². The number of aryl methyl sites for hydroxylation is 1. The zero-order valence-electron chi connectivity index (χ0n) is 20.8. The van der Waals surface area contributed by atoms with Gasteiger partial charge in [0.15, 0.2) is 6.61 Å². The molecule has 0 spiro atoms. The van der Waals surface area contributed by atoms with Gasteiger partial charge in [-0.3, -0.25) is 19.3 Å². The fraction of sp³-hybridized carbons (Fsp3) is 0.267. The molecule has 3 aromatic rings. The summed E-state index contributed by atoms with van der Waals surface area (Å²) in [5.41, 5.74) is 5.55. The van der Waals surface area contributed by atoms with Crippen LogP contribution >= 0.6 is 11.6 Å². The Morgan fingerprint density at radius 2 is 1.39 bits per heavy atom. The number of hydrogen-bond donors (Lipinski definition) is 1. The van der Waals surface area contributed by atoms with Crippen LogP contribution in [0.4, 0.5) is 5.69 Å². The summed E-state index contributed by atoms with van der Waals surface area (Å²) in [5, 5.41) is 3.13. The number of carbonyl (C=O) groups excluding carboxylic acids is 4. The lowest BCUT2D eigenvalue weighted by molar-refractivity contribution is -0.159. The Morgan fingerprint density at radius 3 is 1.89 bits per heavy atom. The van der Waals surface area contributed by atoms with Gasteiger partial charge in [-0.05, 0) is 53.8 Å². The smallest absolute Gasteiger partial charge is 0.329 e. The predicted molar refractivity (Wildman–Crippen MR) is 141 cm³/mol. The molecule has 8 heteroatoms. The molecule has 3 atom stereocenters. The monoisotopic (exact) mass is 528 g/mol. The number of amides is 3. The van der Waals surface area contributed by atoms with E-state index in [0.717, 1.165) is 32.7 Å². The van der Waals surface area contributed by atoms with E-state index in [1.807, 2.05) is 55.5 Å². The topological polar surface area (TPSA) is 92.8 Å². The lowest BCUT2D eigenvalue weighted by Crippen LogP contribution is -2.45. The minimum atomic E-state index is -1.16. The number of benzene rings is 3. The molecular formula is C30H25ClN2O5. The first-order chi connectivity index (χ1) is 18.3. The van der Waals surface area contributed by atoms with Crippen molar-refractivity contribution in [3.8, 4) is 0 Å². The van der Waals surface area contributed by atoms with Gasteiger partial charge in [0, 0.05) is 22.5 Å². The van der Waals surface area contributed by atoms with Gasteiger partial charge in [-0.1, -0.05) is 66.2 Å². The zero-order valence-corrected chi connectivity index (χ0v) is 21.6. The molecular weight excluding hydrogens is 504 g/mol. The second-order valence-electron chi connectivity index (χ2n) is 10.1. The van der Waals surface area contributed by atoms with E-state index in [-0.39, 0.29) is 23.7 Å². The number of nitrogens with zero attached hydrogens (tertiary/aromatic N) is 1. The molecule has 1 fully saturated rings. The average molecular weight is 529 g/mol. The SMILES string of the molecule is Cc1ccc(Cl)cc1NC(=O)COC(=O)[C@H](C)N1C(=O)[C@@H]2C3c4ccccc4C(c4ccccc43)[C@H]2C1=O. The summed E-state index contributed by atoms with van der Waals surface area (Å²) in [4.78, 5) is 53.9. The van der Waals surface area contributed by atoms with Crippen LogP contribution in [0.2, 0.25) is 5.02 Å². The summed E-state index contributed by atoms with van der Waals surface area (Å²) in [5.74, 6) is -3.78. The van der Waals surface area contributed by atoms with Crippen molar-refractivity contribution in [2.24, 2.45) is 11.8 Å². The Hall–Kier alpha value is -3.97. The summed E-state index contributed by atoms with van der Waals surface area (Å²) in [6.45, 7) is 2.73. The molecule has 3 aliphatic carbocycles. The van der Waals surface area contributed by atoms with E-state index in [9.17, 15) is 19.2 Å². The maximum absolute atomic E-state index is 13.8. The Labute approximate surface area is 224 Å². The Kier molecular flexibility index (Phi) is 5.83. The molecule has 1 N–H and O–H groups in total. The molecule has 0 unspecified atom stereocenters. The molecule has 4 aliphatic rings. The highest BCUT2D eigenvalue weighted by atomic mass is 35.5. The zero-order chi connectivity index (χ0) is 26.7. The van der Waals surface area contributed by atoms with Gasteiger partial charge in [0.25, 0.3) is 5.91 Å². The van der Waals surface area contributed by atoms with E-state index >= 15 is 0 Å². The van der Waals surface area contributed by atoms with E-state index in [0.29, 0.717) is 10.7 Å². The number of likely N-dealkylation sites (tertiary alicyclic amines) is 1. The van der Waals surface area contributed by atoms with Crippen LogP contribution in [0, 0.1) is 18.8 Å². The summed E-state index contributed by atoms with van der Waals surface area (Å²) in [6, 6.07) is 19.8. The van der Waals surface area contributed by atoms with Crippen molar-refractivity contribution in [3.63, 3.8) is 0 Å². The lowest BCUT2D eigenvalue weighted by Gasteiger charge is -2.45. The van der Waals surface area contributed by atoms with Crippen LogP contribution in [0.15, 0.2) is 66.7 Å². The maximum Gasteiger partial charge on any atom is 0.329 e. The fourth-order valence-electron chi connectivity index (χ4n) is 6.36. The first kappa shape index (κ1) is 24.4. The molecule has 0 saturated carbocycles. The highest BCUT2D eigenvalue weighted by Crippen LogP contribution is 2.61. The van der Waals surface area contributed by atoms with Crippen LogP contribution in [0.5, 0.6) is 0 Å². The normalized spacial score (nSPS) is 23.4. The molecule has 2 bridgehead atoms. The van der Waals surface area contributed by atoms with Gasteiger partial charge in [0.1, 0.15) is 6.04 Å². The van der Waals surface area contributed by atoms with Crippen molar-refractivity contribution in [3.05, 3.63) is 99.6 Å². The fourth-order valence-corrected chi connectivity index (χ4v) is 6.53. The van der Waals surface area contributed by atoms with Crippen LogP contribution in [0.1, 0.15) is 46.6 Å². The van der Waals surface area contributed by atoms with Gasteiger partial charge in [-0.25, -0.2) is 4.79 Å². The Balaban J connectivity index is 1.21. The molecule has 7 nitrogen and oxygen atoms in total. The lowest BCUT2D eigenvalue weighted by atomic mass is 9.55. The minimum absolute atomic E-state index is 0.256. The quantitative estimate of drug-likeness (QED) is 0.391. The summed E-state index contributed by atoms with van der Waals surface area (Å²) in [6.07, 6.45) is 0. The molecule has 7 rings (SSSR count). The van der Waals surface area contributed by atoms with E-state index < -0.39 is 36.4 Å². The van der Waals surface area contributed by atoms with Crippen molar-refractivity contribution in [2.75, 3.05) is 11.9 Å². The second kappa shape index (κ2) is 9.10. The van der Waals surface area contributed by atoms with E-state index in [1.165, 1.54) is 6.92 Å². The van der Waals surface area contributed by atoms with Gasteiger partial charge in [-0.15, -0.1) is 0 Å². The largest absolute Gasteiger partial charge is 0.454 e. The van der Waals surface area contributed by atoms with Crippen molar-refractivity contribution < 1.29 is 23.9 Å². The summed E-state index contributed by atoms with van der Waals surface area (Å²) >= 11 is 6.00. The number of anilines is 1. The van der Waals surface area contributed by atoms with Gasteiger partial charge in [0.05, 0.1) is 11.8 Å². The number of imide groups is 1. The molecule has 0 aromatic heterocycles. The van der Waals surface area contributed by atoms with Crippen LogP contribution in [0.25, 0.3) is 0 Å². The molecule has 1 saturated heterocycles. The van der Waals surface area contributed by atoms with Gasteiger partial charge in [-0.2, -0.15) is 0 Å². The average Bonchev–Trinajstić information content (AvgIpc) is 3.19. The molecule has 0 radical (unpaired) electrons. The van der Waals surface area contributed by atoms with Crippen LogP contribution in [-0.4, -0.2) is 41.2 Å². The third-order valence-corrected chi connectivity index (χ3v) is 8.27. The standard InChI is InChI=1S/C30H25ClN2O5/c1-15-11-12-17(31)13-22(15)32-23(34)14-38-30(37)16(2)33-28(35)26-24-18-7-3-4-8-19(18)25(27(26)29(33)36)21-10-6-5-9-20(21)24/h3-13,16,24-27H,14H2,1-2H3,(H,32,34)/t16-,24?,25?,26+,27+/m0/s1. The van der Waals surface area contributed by atoms with Gasteiger partial charge >= 0.3 is 5.97 Å². The van der Waals surface area contributed by atoms with Crippen molar-refractivity contribution in [1.82, 2.24) is 4.90 Å². The molecule has 3 amide bonds. The second-order valence-corrected chi connectivity index (χ2v) is 10.5. The Morgan fingerprint density at radius 1 is 0.895 bits per heavy atom. The third-order valence-electron chi connectivity index (χ3n) is 8.03. The number of carbonyl (C=O) groups is 4. The first-order valence-electron chi connectivity index (χ1n) is 12.5. The van der Waals surface area contributed by atoms with Gasteiger partial charge < -0.3 is 10.1 Å². The number of halogens is 1. The number of hydrogen-bond acceptors (Lipinski definition) is 5. The number of nitrogens with one attached hydrogen (secondary N) is 1. The van der Waals surface area contributed by atoms with E-state index in [1.54, 1.807) is 18.2 Å². The molecule has 1 heterocycles. The predicted octanol–water partition coefficient (Wildman–Crippen LogP) is 4.41. The molecule has 3 aromatic carbocycles. The highest BCUT2D eigenvalue weighted by Gasteiger charge is 2.62. The molecule has 192 valence electrons.